The summed E-state index contributed by atoms with van der Waals surface area (Å²) in [4.78, 5) is 7.90. The number of imidazole rings is 1. The third-order valence-corrected chi connectivity index (χ3v) is 6.15. The van der Waals surface area contributed by atoms with Gasteiger partial charge in [0.2, 0.25) is 10.1 Å². The summed E-state index contributed by atoms with van der Waals surface area (Å²) in [6, 6.07) is 7.71. The molecule has 26 heavy (non-hydrogen) atoms. The van der Waals surface area contributed by atoms with Crippen molar-refractivity contribution in [3.63, 3.8) is 0 Å². The SMILES string of the molecule is Clc1ccc(-c2cn3nc(N4CCOC(C5CCCO5)C4)sc3n2)cc1. The van der Waals surface area contributed by atoms with E-state index in [0.29, 0.717) is 6.61 Å². The van der Waals surface area contributed by atoms with Gasteiger partial charge < -0.3 is 14.4 Å². The summed E-state index contributed by atoms with van der Waals surface area (Å²) in [7, 11) is 0. The number of morpholine rings is 1. The largest absolute Gasteiger partial charge is 0.375 e. The first-order valence-electron chi connectivity index (χ1n) is 8.86. The zero-order valence-electron chi connectivity index (χ0n) is 14.2. The highest BCUT2D eigenvalue weighted by Crippen LogP contribution is 2.29. The molecule has 2 saturated heterocycles. The summed E-state index contributed by atoms with van der Waals surface area (Å²) >= 11 is 7.57. The van der Waals surface area contributed by atoms with Gasteiger partial charge in [-0.05, 0) is 25.0 Å². The Morgan fingerprint density at radius 2 is 1.96 bits per heavy atom. The second kappa shape index (κ2) is 6.81. The van der Waals surface area contributed by atoms with Gasteiger partial charge in [-0.15, -0.1) is 5.10 Å². The fourth-order valence-corrected chi connectivity index (χ4v) is 4.59. The standard InChI is InChI=1S/C18H19ClN4O2S/c19-13-5-3-12(4-6-13)14-10-23-17(20-14)26-18(21-23)22-7-9-25-16(11-22)15-2-1-8-24-15/h3-6,10,15-16H,1-2,7-9,11H2. The summed E-state index contributed by atoms with van der Waals surface area (Å²) in [6.07, 6.45) is 4.54. The van der Waals surface area contributed by atoms with E-state index in [0.717, 1.165) is 58.9 Å². The van der Waals surface area contributed by atoms with E-state index in [4.69, 9.17) is 31.2 Å². The molecule has 6 nitrogen and oxygen atoms in total. The minimum absolute atomic E-state index is 0.132. The number of aromatic nitrogens is 3. The van der Waals surface area contributed by atoms with E-state index < -0.39 is 0 Å². The van der Waals surface area contributed by atoms with Crippen LogP contribution >= 0.6 is 22.9 Å². The van der Waals surface area contributed by atoms with Gasteiger partial charge in [-0.1, -0.05) is 35.1 Å². The van der Waals surface area contributed by atoms with Crippen molar-refractivity contribution in [3.8, 4) is 11.3 Å². The normalized spacial score (nSPS) is 23.8. The van der Waals surface area contributed by atoms with Crippen LogP contribution in [0, 0.1) is 0 Å². The highest BCUT2D eigenvalue weighted by molar-refractivity contribution is 7.20. The average Bonchev–Trinajstić information content (AvgIpc) is 3.39. The van der Waals surface area contributed by atoms with Crippen LogP contribution < -0.4 is 4.90 Å². The zero-order chi connectivity index (χ0) is 17.5. The molecule has 2 aliphatic heterocycles. The van der Waals surface area contributed by atoms with Crippen LogP contribution in [-0.2, 0) is 9.47 Å². The second-order valence-corrected chi connectivity index (χ2v) is 8.02. The molecule has 0 saturated carbocycles. The van der Waals surface area contributed by atoms with Crippen molar-refractivity contribution in [2.45, 2.75) is 25.0 Å². The number of nitrogens with zero attached hydrogens (tertiary/aromatic N) is 4. The lowest BCUT2D eigenvalue weighted by Gasteiger charge is -2.34. The van der Waals surface area contributed by atoms with E-state index in [1.54, 1.807) is 11.3 Å². The Morgan fingerprint density at radius 1 is 1.12 bits per heavy atom. The van der Waals surface area contributed by atoms with Gasteiger partial charge in [-0.25, -0.2) is 9.50 Å². The quantitative estimate of drug-likeness (QED) is 0.685. The molecule has 3 aromatic rings. The van der Waals surface area contributed by atoms with Crippen LogP contribution in [0.25, 0.3) is 16.2 Å². The Bertz CT molecular complexity index is 872. The van der Waals surface area contributed by atoms with Gasteiger partial charge in [0.15, 0.2) is 0 Å². The Kier molecular flexibility index (Phi) is 4.32. The Morgan fingerprint density at radius 3 is 2.73 bits per heavy atom. The van der Waals surface area contributed by atoms with Crippen molar-refractivity contribution in [2.24, 2.45) is 0 Å². The molecule has 8 heteroatoms. The molecule has 4 heterocycles. The van der Waals surface area contributed by atoms with Gasteiger partial charge in [0, 0.05) is 30.3 Å². The van der Waals surface area contributed by atoms with Crippen molar-refractivity contribution >= 4 is 33.0 Å². The molecule has 2 aromatic heterocycles. The van der Waals surface area contributed by atoms with E-state index >= 15 is 0 Å². The van der Waals surface area contributed by atoms with Gasteiger partial charge in [0.25, 0.3) is 0 Å². The highest BCUT2D eigenvalue weighted by Gasteiger charge is 2.32. The van der Waals surface area contributed by atoms with Crippen LogP contribution in [0.5, 0.6) is 0 Å². The van der Waals surface area contributed by atoms with Crippen LogP contribution in [0.2, 0.25) is 5.02 Å². The number of halogens is 1. The van der Waals surface area contributed by atoms with Crippen molar-refractivity contribution in [2.75, 3.05) is 31.2 Å². The summed E-state index contributed by atoms with van der Waals surface area (Å²) < 4.78 is 13.6. The lowest BCUT2D eigenvalue weighted by atomic mass is 10.1. The zero-order valence-corrected chi connectivity index (χ0v) is 15.7. The maximum absolute atomic E-state index is 5.96. The Balaban J connectivity index is 1.36. The number of hydrogen-bond donors (Lipinski definition) is 0. The van der Waals surface area contributed by atoms with E-state index in [1.165, 1.54) is 0 Å². The third-order valence-electron chi connectivity index (χ3n) is 4.92. The molecule has 0 N–H and O–H groups in total. The van der Waals surface area contributed by atoms with Crippen LogP contribution in [-0.4, -0.2) is 53.1 Å². The molecule has 0 radical (unpaired) electrons. The summed E-state index contributed by atoms with van der Waals surface area (Å²) in [6.45, 7) is 3.24. The van der Waals surface area contributed by atoms with E-state index in [-0.39, 0.29) is 12.2 Å². The summed E-state index contributed by atoms with van der Waals surface area (Å²) in [5.41, 5.74) is 1.95. The Labute approximate surface area is 160 Å². The van der Waals surface area contributed by atoms with Crippen molar-refractivity contribution in [1.82, 2.24) is 14.6 Å². The first-order valence-corrected chi connectivity index (χ1v) is 10.1. The number of fused-ring (bicyclic) bond motifs is 1. The molecule has 0 amide bonds. The van der Waals surface area contributed by atoms with Crippen LogP contribution in [0.1, 0.15) is 12.8 Å². The second-order valence-electron chi connectivity index (χ2n) is 6.65. The fourth-order valence-electron chi connectivity index (χ4n) is 3.55. The van der Waals surface area contributed by atoms with Gasteiger partial charge in [0.1, 0.15) is 6.10 Å². The average molecular weight is 391 g/mol. The molecule has 2 fully saturated rings. The number of anilines is 1. The van der Waals surface area contributed by atoms with Crippen LogP contribution in [0.15, 0.2) is 30.5 Å². The first-order chi connectivity index (χ1) is 12.8. The van der Waals surface area contributed by atoms with Crippen LogP contribution in [0.3, 0.4) is 0 Å². The maximum Gasteiger partial charge on any atom is 0.214 e. The number of ether oxygens (including phenoxy) is 2. The molecule has 0 spiro atoms. The minimum atomic E-state index is 0.132. The fraction of sp³-hybridized carbons (Fsp3) is 0.444. The monoisotopic (exact) mass is 390 g/mol. The number of benzene rings is 1. The van der Waals surface area contributed by atoms with Crippen molar-refractivity contribution in [1.29, 1.82) is 0 Å². The first kappa shape index (κ1) is 16.5. The van der Waals surface area contributed by atoms with E-state index in [1.807, 2.05) is 35.0 Å². The smallest absolute Gasteiger partial charge is 0.214 e. The predicted molar refractivity (Wildman–Crippen MR) is 102 cm³/mol. The molecule has 2 atom stereocenters. The van der Waals surface area contributed by atoms with Crippen molar-refractivity contribution in [3.05, 3.63) is 35.5 Å². The van der Waals surface area contributed by atoms with E-state index in [2.05, 4.69) is 4.90 Å². The third kappa shape index (κ3) is 3.09. The molecule has 2 aliphatic rings. The lowest BCUT2D eigenvalue weighted by Crippen LogP contribution is -2.47. The van der Waals surface area contributed by atoms with Crippen molar-refractivity contribution < 1.29 is 9.47 Å². The van der Waals surface area contributed by atoms with Crippen LogP contribution in [0.4, 0.5) is 5.13 Å². The molecule has 5 rings (SSSR count). The molecule has 0 bridgehead atoms. The molecule has 1 aromatic carbocycles. The molecular formula is C18H19ClN4O2S. The summed E-state index contributed by atoms with van der Waals surface area (Å²) in [5, 5.41) is 6.45. The topological polar surface area (TPSA) is 51.9 Å². The molecule has 0 aliphatic carbocycles. The molecular weight excluding hydrogens is 372 g/mol. The lowest BCUT2D eigenvalue weighted by molar-refractivity contribution is -0.0543. The highest BCUT2D eigenvalue weighted by atomic mass is 35.5. The Hall–Kier alpha value is -1.67. The molecule has 136 valence electrons. The number of rotatable bonds is 3. The summed E-state index contributed by atoms with van der Waals surface area (Å²) in [5.74, 6) is 0. The van der Waals surface area contributed by atoms with Gasteiger partial charge in [0.05, 0.1) is 24.6 Å². The van der Waals surface area contributed by atoms with Gasteiger partial charge in [-0.3, -0.25) is 0 Å². The van der Waals surface area contributed by atoms with Gasteiger partial charge >= 0.3 is 0 Å². The van der Waals surface area contributed by atoms with Gasteiger partial charge in [-0.2, -0.15) is 0 Å². The van der Waals surface area contributed by atoms with E-state index in [9.17, 15) is 0 Å². The molecule has 2 unspecified atom stereocenters. The minimum Gasteiger partial charge on any atom is -0.375 e. The number of hydrogen-bond acceptors (Lipinski definition) is 6. The predicted octanol–water partition coefficient (Wildman–Crippen LogP) is 3.50. The maximum atomic E-state index is 5.96.